The highest BCUT2D eigenvalue weighted by Crippen LogP contribution is 2.27. The van der Waals surface area contributed by atoms with Crippen LogP contribution >= 0.6 is 0 Å². The summed E-state index contributed by atoms with van der Waals surface area (Å²) in [5, 5.41) is 11.5. The molecule has 9 nitrogen and oxygen atoms in total. The Morgan fingerprint density at radius 3 is 2.73 bits per heavy atom. The number of rotatable bonds is 4. The number of carbonyl (C=O) groups excluding carboxylic acids is 2. The Hall–Kier alpha value is -3.23. The first-order chi connectivity index (χ1) is 12.4. The molecule has 26 heavy (non-hydrogen) atoms. The van der Waals surface area contributed by atoms with E-state index in [2.05, 4.69) is 4.98 Å². The van der Waals surface area contributed by atoms with Crippen molar-refractivity contribution >= 4 is 17.5 Å². The molecule has 1 aromatic carbocycles. The molecule has 2 amide bonds. The Kier molecular flexibility index (Phi) is 4.70. The number of nitrogens with zero attached hydrogens (tertiary/aromatic N) is 5. The van der Waals surface area contributed by atoms with Crippen molar-refractivity contribution in [1.82, 2.24) is 19.4 Å². The molecule has 136 valence electrons. The summed E-state index contributed by atoms with van der Waals surface area (Å²) >= 11 is 0. The van der Waals surface area contributed by atoms with Crippen molar-refractivity contribution in [3.05, 3.63) is 52.6 Å². The lowest BCUT2D eigenvalue weighted by Gasteiger charge is -2.26. The van der Waals surface area contributed by atoms with Gasteiger partial charge in [0.1, 0.15) is 11.7 Å². The van der Waals surface area contributed by atoms with E-state index in [-0.39, 0.29) is 23.1 Å². The van der Waals surface area contributed by atoms with Gasteiger partial charge < -0.3 is 14.4 Å². The van der Waals surface area contributed by atoms with Crippen LogP contribution in [-0.2, 0) is 4.79 Å². The SMILES string of the molecule is CN(C)C(=O)C1CCCN1C(=O)c1ccc(-n2ccnc2)c([N+](=O)[O-])c1. The minimum atomic E-state index is -0.529. The molecule has 1 saturated heterocycles. The van der Waals surface area contributed by atoms with Gasteiger partial charge >= 0.3 is 0 Å². The van der Waals surface area contributed by atoms with E-state index in [0.717, 1.165) is 6.42 Å². The third kappa shape index (κ3) is 3.15. The lowest BCUT2D eigenvalue weighted by Crippen LogP contribution is -2.45. The summed E-state index contributed by atoms with van der Waals surface area (Å²) in [7, 11) is 3.29. The molecule has 1 fully saturated rings. The molecule has 1 aromatic heterocycles. The zero-order valence-corrected chi connectivity index (χ0v) is 14.5. The standard InChI is InChI=1S/C17H19N5O4/c1-19(2)17(24)14-4-3-8-21(14)16(23)12-5-6-13(15(10-12)22(25)26)20-9-7-18-11-20/h5-7,9-11,14H,3-4,8H2,1-2H3. The summed E-state index contributed by atoms with van der Waals surface area (Å²) in [5.74, 6) is -0.511. The van der Waals surface area contributed by atoms with E-state index in [4.69, 9.17) is 0 Å². The van der Waals surface area contributed by atoms with Gasteiger partial charge in [-0.2, -0.15) is 0 Å². The van der Waals surface area contributed by atoms with Crippen LogP contribution in [0.1, 0.15) is 23.2 Å². The van der Waals surface area contributed by atoms with E-state index in [1.807, 2.05) is 0 Å². The number of hydrogen-bond donors (Lipinski definition) is 0. The van der Waals surface area contributed by atoms with Crippen molar-refractivity contribution in [3.63, 3.8) is 0 Å². The van der Waals surface area contributed by atoms with Crippen LogP contribution in [0.25, 0.3) is 5.69 Å². The lowest BCUT2D eigenvalue weighted by molar-refractivity contribution is -0.384. The van der Waals surface area contributed by atoms with Gasteiger partial charge in [-0.15, -0.1) is 0 Å². The average molecular weight is 357 g/mol. The molecule has 2 heterocycles. The summed E-state index contributed by atoms with van der Waals surface area (Å²) in [6.45, 7) is 0.458. The summed E-state index contributed by atoms with van der Waals surface area (Å²) < 4.78 is 1.51. The van der Waals surface area contributed by atoms with E-state index >= 15 is 0 Å². The van der Waals surface area contributed by atoms with Crippen LogP contribution in [-0.4, -0.2) is 62.8 Å². The fourth-order valence-electron chi connectivity index (χ4n) is 3.15. The van der Waals surface area contributed by atoms with Gasteiger partial charge in [-0.3, -0.25) is 19.7 Å². The smallest absolute Gasteiger partial charge is 0.294 e. The molecule has 9 heteroatoms. The molecule has 0 N–H and O–H groups in total. The van der Waals surface area contributed by atoms with Crippen LogP contribution in [0.4, 0.5) is 5.69 Å². The minimum Gasteiger partial charge on any atom is -0.347 e. The van der Waals surface area contributed by atoms with Crippen LogP contribution in [0, 0.1) is 10.1 Å². The maximum Gasteiger partial charge on any atom is 0.294 e. The first-order valence-electron chi connectivity index (χ1n) is 8.19. The van der Waals surface area contributed by atoms with Crippen molar-refractivity contribution in [2.24, 2.45) is 0 Å². The van der Waals surface area contributed by atoms with E-state index in [1.54, 1.807) is 26.4 Å². The third-order valence-electron chi connectivity index (χ3n) is 4.44. The number of likely N-dealkylation sites (tertiary alicyclic amines) is 1. The first kappa shape index (κ1) is 17.6. The molecule has 0 bridgehead atoms. The van der Waals surface area contributed by atoms with E-state index in [0.29, 0.717) is 18.7 Å². The summed E-state index contributed by atoms with van der Waals surface area (Å²) in [5.41, 5.74) is 0.328. The van der Waals surface area contributed by atoms with Crippen molar-refractivity contribution in [2.45, 2.75) is 18.9 Å². The predicted octanol–water partition coefficient (Wildman–Crippen LogP) is 1.47. The van der Waals surface area contributed by atoms with Crippen LogP contribution in [0.3, 0.4) is 0 Å². The molecular formula is C17H19N5O4. The topological polar surface area (TPSA) is 102 Å². The zero-order chi connectivity index (χ0) is 18.8. The van der Waals surface area contributed by atoms with Gasteiger partial charge in [0.25, 0.3) is 11.6 Å². The second kappa shape index (κ2) is 6.95. The van der Waals surface area contributed by atoms with Gasteiger partial charge in [0, 0.05) is 44.7 Å². The largest absolute Gasteiger partial charge is 0.347 e. The van der Waals surface area contributed by atoms with Crippen LogP contribution in [0.5, 0.6) is 0 Å². The second-order valence-electron chi connectivity index (χ2n) is 6.32. The van der Waals surface area contributed by atoms with Crippen molar-refractivity contribution in [2.75, 3.05) is 20.6 Å². The number of benzene rings is 1. The van der Waals surface area contributed by atoms with Gasteiger partial charge in [0.05, 0.1) is 11.3 Å². The van der Waals surface area contributed by atoms with Gasteiger partial charge in [-0.25, -0.2) is 4.98 Å². The summed E-state index contributed by atoms with van der Waals surface area (Å²) in [6.07, 6.45) is 5.89. The van der Waals surface area contributed by atoms with E-state index in [1.165, 1.54) is 39.0 Å². The molecule has 3 rings (SSSR count). The van der Waals surface area contributed by atoms with Crippen LogP contribution < -0.4 is 0 Å². The van der Waals surface area contributed by atoms with Gasteiger partial charge in [0.2, 0.25) is 5.91 Å². The number of nitro groups is 1. The molecule has 0 aliphatic carbocycles. The van der Waals surface area contributed by atoms with Gasteiger partial charge in [0.15, 0.2) is 0 Å². The number of nitro benzene ring substituents is 1. The maximum absolute atomic E-state index is 12.9. The highest BCUT2D eigenvalue weighted by molar-refractivity contribution is 5.98. The molecule has 1 unspecified atom stereocenters. The number of amides is 2. The van der Waals surface area contributed by atoms with Crippen LogP contribution in [0.2, 0.25) is 0 Å². The Morgan fingerprint density at radius 1 is 1.35 bits per heavy atom. The fourth-order valence-corrected chi connectivity index (χ4v) is 3.15. The van der Waals surface area contributed by atoms with Gasteiger partial charge in [-0.1, -0.05) is 0 Å². The molecule has 0 saturated carbocycles. The van der Waals surface area contributed by atoms with E-state index in [9.17, 15) is 19.7 Å². The third-order valence-corrected chi connectivity index (χ3v) is 4.44. The fraction of sp³-hybridized carbons (Fsp3) is 0.353. The number of hydrogen-bond acceptors (Lipinski definition) is 5. The van der Waals surface area contributed by atoms with Crippen molar-refractivity contribution in [1.29, 1.82) is 0 Å². The number of likely N-dealkylation sites (N-methyl/N-ethyl adjacent to an activating group) is 1. The Labute approximate surface area is 150 Å². The number of imidazole rings is 1. The minimum absolute atomic E-state index is 0.139. The Morgan fingerprint density at radius 2 is 2.12 bits per heavy atom. The molecule has 0 radical (unpaired) electrons. The highest BCUT2D eigenvalue weighted by atomic mass is 16.6. The Balaban J connectivity index is 1.94. The Bertz CT molecular complexity index is 847. The predicted molar refractivity (Wildman–Crippen MR) is 93.0 cm³/mol. The number of carbonyl (C=O) groups is 2. The van der Waals surface area contributed by atoms with Gasteiger partial charge in [-0.05, 0) is 25.0 Å². The summed E-state index contributed by atoms with van der Waals surface area (Å²) in [4.78, 5) is 42.9. The maximum atomic E-state index is 12.9. The average Bonchev–Trinajstić information content (AvgIpc) is 3.31. The molecule has 0 spiro atoms. The molecular weight excluding hydrogens is 338 g/mol. The molecule has 1 atom stereocenters. The zero-order valence-electron chi connectivity index (χ0n) is 14.5. The highest BCUT2D eigenvalue weighted by Gasteiger charge is 2.36. The quantitative estimate of drug-likeness (QED) is 0.609. The van der Waals surface area contributed by atoms with Crippen molar-refractivity contribution < 1.29 is 14.5 Å². The number of aromatic nitrogens is 2. The molecule has 1 aliphatic rings. The normalized spacial score (nSPS) is 16.5. The lowest BCUT2D eigenvalue weighted by atomic mass is 10.1. The molecule has 2 aromatic rings. The molecule has 1 aliphatic heterocycles. The monoisotopic (exact) mass is 357 g/mol. The second-order valence-corrected chi connectivity index (χ2v) is 6.32. The van der Waals surface area contributed by atoms with Crippen molar-refractivity contribution in [3.8, 4) is 5.69 Å². The van der Waals surface area contributed by atoms with Crippen LogP contribution in [0.15, 0.2) is 36.9 Å². The first-order valence-corrected chi connectivity index (χ1v) is 8.19. The summed E-state index contributed by atoms with van der Waals surface area (Å²) in [6, 6.07) is 3.80. The van der Waals surface area contributed by atoms with E-state index < -0.39 is 11.0 Å².